The zero-order chi connectivity index (χ0) is 29.3. The Hall–Kier alpha value is -3.41. The number of aryl methyl sites for hydroxylation is 1. The lowest BCUT2D eigenvalue weighted by molar-refractivity contribution is -0.109. The maximum Gasteiger partial charge on any atom is 0.207 e. The highest BCUT2D eigenvalue weighted by Gasteiger charge is 2.12. The molecule has 3 rings (SSSR count). The second kappa shape index (κ2) is 24.0. The van der Waals surface area contributed by atoms with Gasteiger partial charge in [-0.3, -0.25) is 9.79 Å². The molecule has 38 heavy (non-hydrogen) atoms. The average Bonchev–Trinajstić information content (AvgIpc) is 3.74. The molecule has 0 heterocycles. The lowest BCUT2D eigenvalue weighted by Gasteiger charge is -2.16. The van der Waals surface area contributed by atoms with Gasteiger partial charge in [0.15, 0.2) is 0 Å². The molecule has 0 spiro atoms. The molecule has 1 amide bonds. The van der Waals surface area contributed by atoms with Gasteiger partial charge in [0.05, 0.1) is 13.3 Å². The predicted octanol–water partition coefficient (Wildman–Crippen LogP) is 7.88. The molecule has 0 aliphatic heterocycles. The van der Waals surface area contributed by atoms with E-state index in [0.717, 1.165) is 35.1 Å². The number of rotatable bonds is 9. The third-order valence-corrected chi connectivity index (χ3v) is 5.15. The van der Waals surface area contributed by atoms with E-state index in [-0.39, 0.29) is 6.04 Å². The predicted molar refractivity (Wildman–Crippen MR) is 166 cm³/mol. The van der Waals surface area contributed by atoms with Crippen LogP contribution in [0.25, 0.3) is 0 Å². The second-order valence-corrected chi connectivity index (χ2v) is 8.21. The molecule has 0 radical (unpaired) electrons. The van der Waals surface area contributed by atoms with Gasteiger partial charge in [0.1, 0.15) is 11.6 Å². The van der Waals surface area contributed by atoms with Gasteiger partial charge in [0.2, 0.25) is 6.41 Å². The molecule has 1 aliphatic rings. The van der Waals surface area contributed by atoms with E-state index in [1.165, 1.54) is 18.4 Å². The van der Waals surface area contributed by atoms with Crippen LogP contribution >= 0.6 is 0 Å². The van der Waals surface area contributed by atoms with Crippen LogP contribution in [0.3, 0.4) is 0 Å². The van der Waals surface area contributed by atoms with Crippen LogP contribution in [0.1, 0.15) is 91.0 Å². The Bertz CT molecular complexity index is 936. The van der Waals surface area contributed by atoms with Gasteiger partial charge in [-0.05, 0) is 63.1 Å². The van der Waals surface area contributed by atoms with Gasteiger partial charge in [-0.25, -0.2) is 4.99 Å². The van der Waals surface area contributed by atoms with E-state index in [0.29, 0.717) is 12.2 Å². The molecule has 212 valence electrons. The van der Waals surface area contributed by atoms with Gasteiger partial charge in [0, 0.05) is 18.3 Å². The summed E-state index contributed by atoms with van der Waals surface area (Å²) in [7, 11) is 1.68. The molecule has 1 fully saturated rings. The van der Waals surface area contributed by atoms with Crippen molar-refractivity contribution >= 4 is 18.8 Å². The monoisotopic (exact) mass is 524 g/mol. The molecule has 0 bridgehead atoms. The van der Waals surface area contributed by atoms with E-state index in [9.17, 15) is 4.79 Å². The Kier molecular flexibility index (Phi) is 23.2. The van der Waals surface area contributed by atoms with Crippen LogP contribution in [0.4, 0.5) is 0 Å². The average molecular weight is 525 g/mol. The van der Waals surface area contributed by atoms with Gasteiger partial charge < -0.3 is 15.4 Å². The van der Waals surface area contributed by atoms with Gasteiger partial charge >= 0.3 is 0 Å². The van der Waals surface area contributed by atoms with Crippen LogP contribution in [-0.2, 0) is 4.79 Å². The number of carbonyl (C=O) groups is 1. The Labute approximate surface area is 232 Å². The number of hydrogen-bond acceptors (Lipinski definition) is 5. The molecule has 6 nitrogen and oxygen atoms in total. The summed E-state index contributed by atoms with van der Waals surface area (Å²) in [6.07, 6.45) is 5.29. The summed E-state index contributed by atoms with van der Waals surface area (Å²) in [4.78, 5) is 17.8. The number of amides is 1. The molecule has 2 N–H and O–H groups in total. The number of methoxy groups -OCH3 is 1. The second-order valence-electron chi connectivity index (χ2n) is 8.21. The van der Waals surface area contributed by atoms with Gasteiger partial charge in [-0.15, -0.1) is 0 Å². The fourth-order valence-corrected chi connectivity index (χ4v) is 2.77. The number of hydrogen-bond donors (Lipinski definition) is 2. The third kappa shape index (κ3) is 17.1. The van der Waals surface area contributed by atoms with Crippen molar-refractivity contribution in [2.45, 2.75) is 81.2 Å². The van der Waals surface area contributed by atoms with Crippen LogP contribution in [0.2, 0.25) is 0 Å². The third-order valence-electron chi connectivity index (χ3n) is 5.15. The summed E-state index contributed by atoms with van der Waals surface area (Å²) < 4.78 is 5.40. The SMILES string of the molecule is C=N/C=C(\N=C(/C)c1ccc(C)c(OC)c1)NC(C)c1ccccc1.CC.CC.CC1CC1.CCNC=O. The van der Waals surface area contributed by atoms with Crippen molar-refractivity contribution in [1.82, 2.24) is 10.6 Å². The van der Waals surface area contributed by atoms with Crippen molar-refractivity contribution in [3.8, 4) is 5.75 Å². The van der Waals surface area contributed by atoms with Gasteiger partial charge in [-0.1, -0.05) is 89.9 Å². The molecule has 1 saturated carbocycles. The maximum absolute atomic E-state index is 9.29. The maximum atomic E-state index is 9.29. The summed E-state index contributed by atoms with van der Waals surface area (Å²) in [5.74, 6) is 2.61. The smallest absolute Gasteiger partial charge is 0.207 e. The van der Waals surface area contributed by atoms with Gasteiger partial charge in [-0.2, -0.15) is 0 Å². The Morgan fingerprint density at radius 3 is 2.13 bits per heavy atom. The van der Waals surface area contributed by atoms with Gasteiger partial charge in [0.25, 0.3) is 0 Å². The largest absolute Gasteiger partial charge is 0.496 e. The van der Waals surface area contributed by atoms with Crippen molar-refractivity contribution in [3.05, 3.63) is 77.2 Å². The molecule has 2 aromatic rings. The Morgan fingerprint density at radius 2 is 1.71 bits per heavy atom. The summed E-state index contributed by atoms with van der Waals surface area (Å²) >= 11 is 0. The van der Waals surface area contributed by atoms with Crippen molar-refractivity contribution in [3.63, 3.8) is 0 Å². The van der Waals surface area contributed by atoms with Crippen molar-refractivity contribution < 1.29 is 9.53 Å². The first-order valence-electron chi connectivity index (χ1n) is 13.7. The highest BCUT2D eigenvalue weighted by molar-refractivity contribution is 5.99. The summed E-state index contributed by atoms with van der Waals surface area (Å²) in [5, 5.41) is 5.81. The van der Waals surface area contributed by atoms with E-state index < -0.39 is 0 Å². The minimum atomic E-state index is 0.110. The zero-order valence-corrected chi connectivity index (χ0v) is 25.5. The number of benzene rings is 2. The molecule has 2 aromatic carbocycles. The minimum Gasteiger partial charge on any atom is -0.496 e. The fraction of sp³-hybridized carbons (Fsp3) is 0.469. The highest BCUT2D eigenvalue weighted by atomic mass is 16.5. The van der Waals surface area contributed by atoms with E-state index in [1.54, 1.807) is 13.3 Å². The molecule has 0 aromatic heterocycles. The lowest BCUT2D eigenvalue weighted by Crippen LogP contribution is -2.18. The molecular formula is C32H52N4O2. The van der Waals surface area contributed by atoms with Crippen LogP contribution in [0.5, 0.6) is 5.75 Å². The fourth-order valence-electron chi connectivity index (χ4n) is 2.77. The first-order chi connectivity index (χ1) is 18.4. The number of carbonyl (C=O) groups excluding carboxylic acids is 1. The summed E-state index contributed by atoms with van der Waals surface area (Å²) in [5.41, 5.74) is 4.16. The molecule has 1 aliphatic carbocycles. The van der Waals surface area contributed by atoms with Crippen molar-refractivity contribution in [2.75, 3.05) is 13.7 Å². The summed E-state index contributed by atoms with van der Waals surface area (Å²) in [6, 6.07) is 16.4. The topological polar surface area (TPSA) is 75.1 Å². The number of nitrogens with zero attached hydrogens (tertiary/aromatic N) is 2. The van der Waals surface area contributed by atoms with E-state index in [2.05, 4.69) is 53.3 Å². The molecule has 1 atom stereocenters. The van der Waals surface area contributed by atoms with Crippen LogP contribution in [0, 0.1) is 12.8 Å². The molecule has 1 unspecified atom stereocenters. The van der Waals surface area contributed by atoms with Crippen molar-refractivity contribution in [2.24, 2.45) is 15.9 Å². The first-order valence-corrected chi connectivity index (χ1v) is 13.7. The molecule has 0 saturated heterocycles. The van der Waals surface area contributed by atoms with Crippen LogP contribution < -0.4 is 15.4 Å². The summed E-state index contributed by atoms with van der Waals surface area (Å²) in [6.45, 7) is 22.5. The standard InChI is InChI=1S/C21H25N3O.C4H8.C3H7NO.2C2H6/c1-15-11-12-19(13-20(15)25-5)17(3)24-21(14-22-4)23-16(2)18-9-7-6-8-10-18;1-4-2-3-4;1-2-4-3-5;2*1-2/h6-14,16,23H,4H2,1-3,5H3;4H,2-3H2,1H3;3H,2H2,1H3,(H,4,5);2*1-2H3/b21-14-,24-17+;;;;. The normalized spacial score (nSPS) is 12.7. The lowest BCUT2D eigenvalue weighted by atomic mass is 10.1. The van der Waals surface area contributed by atoms with E-state index in [4.69, 9.17) is 4.74 Å². The Balaban J connectivity index is 0. The van der Waals surface area contributed by atoms with Crippen LogP contribution in [0.15, 0.2) is 70.5 Å². The quantitative estimate of drug-likeness (QED) is 0.259. The molecular weight excluding hydrogens is 472 g/mol. The Morgan fingerprint density at radius 1 is 1.13 bits per heavy atom. The van der Waals surface area contributed by atoms with Crippen LogP contribution in [-0.4, -0.2) is 32.5 Å². The number of ether oxygens (including phenoxy) is 1. The highest BCUT2D eigenvalue weighted by Crippen LogP contribution is 2.26. The molecule has 6 heteroatoms. The minimum absolute atomic E-state index is 0.110. The van der Waals surface area contributed by atoms with E-state index in [1.807, 2.05) is 84.9 Å². The van der Waals surface area contributed by atoms with E-state index >= 15 is 0 Å². The number of aliphatic imine (C=N–C) groups is 2. The zero-order valence-electron chi connectivity index (χ0n) is 25.5. The van der Waals surface area contributed by atoms with Crippen molar-refractivity contribution in [1.29, 1.82) is 0 Å². The first kappa shape index (κ1) is 36.7. The number of nitrogens with one attached hydrogen (secondary N) is 2.